The van der Waals surface area contributed by atoms with Crippen LogP contribution in [-0.4, -0.2) is 5.71 Å². The van der Waals surface area contributed by atoms with E-state index in [1.165, 1.54) is 6.20 Å². The second-order valence-electron chi connectivity index (χ2n) is 3.63. The molecule has 0 saturated carbocycles. The van der Waals surface area contributed by atoms with Crippen LogP contribution in [0.25, 0.3) is 0 Å². The molecule has 3 nitrogen and oxygen atoms in total. The lowest BCUT2D eigenvalue weighted by molar-refractivity contribution is 1.47. The van der Waals surface area contributed by atoms with Crippen molar-refractivity contribution in [2.45, 2.75) is 0 Å². The molecule has 0 heterocycles. The Morgan fingerprint density at radius 3 is 2.33 bits per heavy atom. The van der Waals surface area contributed by atoms with Gasteiger partial charge >= 0.3 is 0 Å². The number of hydrogen-bond acceptors (Lipinski definition) is 3. The number of hydrogen-bond donors (Lipinski definition) is 3. The Balaban J connectivity index is 2.55. The molecule has 0 bridgehead atoms. The maximum Gasteiger partial charge on any atom is 0.0673 e. The van der Waals surface area contributed by atoms with Crippen LogP contribution < -0.4 is 11.1 Å². The van der Waals surface area contributed by atoms with E-state index in [-0.39, 0.29) is 5.71 Å². The van der Waals surface area contributed by atoms with Crippen LogP contribution in [0.2, 0.25) is 0 Å². The van der Waals surface area contributed by atoms with E-state index in [1.807, 2.05) is 30.3 Å². The molecule has 0 unspecified atom stereocenters. The summed E-state index contributed by atoms with van der Waals surface area (Å²) in [7, 11) is 0. The van der Waals surface area contributed by atoms with Gasteiger partial charge in [-0.2, -0.15) is 0 Å². The molecule has 0 aliphatic heterocycles. The SMILES string of the molecule is C=C(/C=C\Nc1ccccc1)C(=N)C(=C)/C=C/N. The maximum absolute atomic E-state index is 7.80. The first-order chi connectivity index (χ1) is 8.65. The Bertz CT molecular complexity index is 496. The predicted octanol–water partition coefficient (Wildman–Crippen LogP) is 3.22. The Hall–Kier alpha value is -2.55. The molecule has 18 heavy (non-hydrogen) atoms. The van der Waals surface area contributed by atoms with Crippen LogP contribution in [0.1, 0.15) is 0 Å². The lowest BCUT2D eigenvalue weighted by Gasteiger charge is -2.03. The molecule has 0 radical (unpaired) electrons. The zero-order chi connectivity index (χ0) is 13.4. The molecular weight excluding hydrogens is 222 g/mol. The lowest BCUT2D eigenvalue weighted by atomic mass is 10.1. The first-order valence-corrected chi connectivity index (χ1v) is 5.48. The van der Waals surface area contributed by atoms with E-state index in [0.29, 0.717) is 11.1 Å². The van der Waals surface area contributed by atoms with Crippen LogP contribution >= 0.6 is 0 Å². The van der Waals surface area contributed by atoms with Crippen molar-refractivity contribution >= 4 is 11.4 Å². The number of rotatable bonds is 6. The molecule has 0 spiro atoms. The van der Waals surface area contributed by atoms with Gasteiger partial charge in [-0.05, 0) is 41.6 Å². The molecule has 0 aliphatic carbocycles. The average molecular weight is 239 g/mol. The number of benzene rings is 1. The summed E-state index contributed by atoms with van der Waals surface area (Å²) in [5, 5.41) is 10.9. The normalized spacial score (nSPS) is 10.7. The van der Waals surface area contributed by atoms with Crippen molar-refractivity contribution in [2.24, 2.45) is 5.73 Å². The lowest BCUT2D eigenvalue weighted by Crippen LogP contribution is -2.00. The minimum absolute atomic E-state index is 0.266. The van der Waals surface area contributed by atoms with Crippen molar-refractivity contribution in [3.05, 3.63) is 79.2 Å². The molecule has 1 rings (SSSR count). The highest BCUT2D eigenvalue weighted by Crippen LogP contribution is 2.08. The van der Waals surface area contributed by atoms with Gasteiger partial charge in [0.2, 0.25) is 0 Å². The largest absolute Gasteiger partial charge is 0.405 e. The van der Waals surface area contributed by atoms with Crippen molar-refractivity contribution in [3.8, 4) is 0 Å². The molecule has 1 aromatic carbocycles. The maximum atomic E-state index is 7.80. The van der Waals surface area contributed by atoms with E-state index in [1.54, 1.807) is 18.4 Å². The Morgan fingerprint density at radius 2 is 1.72 bits per heavy atom. The predicted molar refractivity (Wildman–Crippen MR) is 78.5 cm³/mol. The summed E-state index contributed by atoms with van der Waals surface area (Å²) < 4.78 is 0. The molecule has 92 valence electrons. The second-order valence-corrected chi connectivity index (χ2v) is 3.63. The summed E-state index contributed by atoms with van der Waals surface area (Å²) in [4.78, 5) is 0. The second kappa shape index (κ2) is 6.91. The van der Waals surface area contributed by atoms with Gasteiger partial charge in [-0.25, -0.2) is 0 Å². The summed E-state index contributed by atoms with van der Waals surface area (Å²) in [6.45, 7) is 7.53. The molecular formula is C15H17N3. The quantitative estimate of drug-likeness (QED) is 0.527. The van der Waals surface area contributed by atoms with Crippen LogP contribution in [0.4, 0.5) is 5.69 Å². The van der Waals surface area contributed by atoms with Gasteiger partial charge in [-0.15, -0.1) is 0 Å². The highest BCUT2D eigenvalue weighted by molar-refractivity contribution is 6.12. The fourth-order valence-corrected chi connectivity index (χ4v) is 1.26. The van der Waals surface area contributed by atoms with Gasteiger partial charge < -0.3 is 11.1 Å². The van der Waals surface area contributed by atoms with E-state index in [4.69, 9.17) is 11.1 Å². The zero-order valence-corrected chi connectivity index (χ0v) is 10.2. The van der Waals surface area contributed by atoms with Crippen LogP contribution in [0, 0.1) is 5.41 Å². The Labute approximate surface area is 108 Å². The van der Waals surface area contributed by atoms with Gasteiger partial charge in [0.1, 0.15) is 0 Å². The fourth-order valence-electron chi connectivity index (χ4n) is 1.26. The topological polar surface area (TPSA) is 61.9 Å². The van der Waals surface area contributed by atoms with E-state index in [9.17, 15) is 0 Å². The van der Waals surface area contributed by atoms with Gasteiger partial charge in [0.25, 0.3) is 0 Å². The summed E-state index contributed by atoms with van der Waals surface area (Å²) in [5.41, 5.74) is 7.60. The number of nitrogens with one attached hydrogen (secondary N) is 2. The minimum Gasteiger partial charge on any atom is -0.405 e. The Morgan fingerprint density at radius 1 is 1.11 bits per heavy atom. The monoisotopic (exact) mass is 239 g/mol. The fraction of sp³-hybridized carbons (Fsp3) is 0. The van der Waals surface area contributed by atoms with Crippen molar-refractivity contribution in [3.63, 3.8) is 0 Å². The molecule has 0 fully saturated rings. The van der Waals surface area contributed by atoms with E-state index in [2.05, 4.69) is 18.5 Å². The highest BCUT2D eigenvalue weighted by atomic mass is 14.8. The van der Waals surface area contributed by atoms with E-state index < -0.39 is 0 Å². The summed E-state index contributed by atoms with van der Waals surface area (Å²) >= 11 is 0. The number of para-hydroxylation sites is 1. The van der Waals surface area contributed by atoms with Gasteiger partial charge in [-0.1, -0.05) is 31.4 Å². The molecule has 0 saturated heterocycles. The molecule has 3 heteroatoms. The minimum atomic E-state index is 0.266. The van der Waals surface area contributed by atoms with Gasteiger partial charge in [0.05, 0.1) is 5.71 Å². The molecule has 4 N–H and O–H groups in total. The third-order valence-electron chi connectivity index (χ3n) is 2.25. The average Bonchev–Trinajstić information content (AvgIpc) is 2.39. The van der Waals surface area contributed by atoms with Crippen molar-refractivity contribution in [2.75, 3.05) is 5.32 Å². The number of nitrogens with two attached hydrogens (primary N) is 1. The molecule has 0 atom stereocenters. The summed E-state index contributed by atoms with van der Waals surface area (Å²) in [6, 6.07) is 9.75. The summed E-state index contributed by atoms with van der Waals surface area (Å²) in [5.74, 6) is 0. The number of anilines is 1. The molecule has 0 aromatic heterocycles. The van der Waals surface area contributed by atoms with Crippen molar-refractivity contribution in [1.82, 2.24) is 0 Å². The van der Waals surface area contributed by atoms with Gasteiger partial charge in [0.15, 0.2) is 0 Å². The van der Waals surface area contributed by atoms with Gasteiger partial charge in [0, 0.05) is 11.9 Å². The molecule has 1 aromatic rings. The van der Waals surface area contributed by atoms with Crippen LogP contribution in [0.3, 0.4) is 0 Å². The zero-order valence-electron chi connectivity index (χ0n) is 10.2. The van der Waals surface area contributed by atoms with E-state index in [0.717, 1.165) is 5.69 Å². The number of allylic oxidation sites excluding steroid dienone is 4. The van der Waals surface area contributed by atoms with Crippen LogP contribution in [-0.2, 0) is 0 Å². The molecule has 0 aliphatic rings. The third-order valence-corrected chi connectivity index (χ3v) is 2.25. The first-order valence-electron chi connectivity index (χ1n) is 5.48. The van der Waals surface area contributed by atoms with Crippen molar-refractivity contribution < 1.29 is 0 Å². The standard InChI is InChI=1S/C15H17N3/c1-12(8-10-16)15(17)13(2)9-11-18-14-6-4-3-5-7-14/h3-11,17-18H,1-2,16H2/b10-8+,11-9-,17-15?. The van der Waals surface area contributed by atoms with Crippen LogP contribution in [0.5, 0.6) is 0 Å². The smallest absolute Gasteiger partial charge is 0.0673 e. The van der Waals surface area contributed by atoms with Gasteiger partial charge in [-0.3, -0.25) is 5.41 Å². The summed E-state index contributed by atoms with van der Waals surface area (Å²) in [6.07, 6.45) is 6.40. The Kier molecular flexibility index (Phi) is 5.19. The first kappa shape index (κ1) is 13.5. The van der Waals surface area contributed by atoms with Crippen LogP contribution in [0.15, 0.2) is 79.2 Å². The van der Waals surface area contributed by atoms with Crippen molar-refractivity contribution in [1.29, 1.82) is 5.41 Å². The van der Waals surface area contributed by atoms with E-state index >= 15 is 0 Å². The third kappa shape index (κ3) is 4.14. The molecule has 0 amide bonds. The highest BCUT2D eigenvalue weighted by Gasteiger charge is 2.00.